The van der Waals surface area contributed by atoms with Crippen LogP contribution in [0.1, 0.15) is 5.56 Å². The fourth-order valence-electron chi connectivity index (χ4n) is 2.04. The molecule has 3 aromatic rings. The van der Waals surface area contributed by atoms with Crippen molar-refractivity contribution in [1.82, 2.24) is 15.1 Å². The molecule has 0 spiro atoms. The molecule has 0 saturated heterocycles. The first-order valence-electron chi connectivity index (χ1n) is 7.08. The van der Waals surface area contributed by atoms with Crippen molar-refractivity contribution in [2.24, 2.45) is 0 Å². The highest BCUT2D eigenvalue weighted by Gasteiger charge is 2.17. The number of carbonyl (C=O) groups excluding carboxylic acids is 1. The molecule has 2 heterocycles. The van der Waals surface area contributed by atoms with Crippen LogP contribution in [-0.4, -0.2) is 15.7 Å². The maximum Gasteiger partial charge on any atom is 0.437 e. The van der Waals surface area contributed by atoms with E-state index in [1.807, 2.05) is 0 Å². The predicted molar refractivity (Wildman–Crippen MR) is 89.4 cm³/mol. The van der Waals surface area contributed by atoms with Crippen LogP contribution in [0.15, 0.2) is 42.6 Å². The molecule has 1 aromatic carbocycles. The fourth-order valence-corrected chi connectivity index (χ4v) is 2.53. The van der Waals surface area contributed by atoms with Crippen molar-refractivity contribution in [2.45, 2.75) is 13.1 Å². The number of carbonyl (C=O) groups is 1. The van der Waals surface area contributed by atoms with E-state index in [-0.39, 0.29) is 22.2 Å². The first-order chi connectivity index (χ1) is 12.3. The molecule has 0 fully saturated rings. The first kappa shape index (κ1) is 18.3. The largest absolute Gasteiger partial charge is 0.444 e. The van der Waals surface area contributed by atoms with Gasteiger partial charge in [0, 0.05) is 12.1 Å². The zero-order valence-corrected chi connectivity index (χ0v) is 15.1. The minimum absolute atomic E-state index is 0.111. The highest BCUT2D eigenvalue weighted by atomic mass is 79.9. The van der Waals surface area contributed by atoms with Crippen LogP contribution in [0.25, 0.3) is 11.7 Å². The van der Waals surface area contributed by atoms with Crippen LogP contribution in [0.5, 0.6) is 0 Å². The van der Waals surface area contributed by atoms with Crippen molar-refractivity contribution in [1.29, 1.82) is 0 Å². The van der Waals surface area contributed by atoms with Crippen LogP contribution in [0.4, 0.5) is 8.78 Å². The molecule has 2 aromatic heterocycles. The molecule has 0 bridgehead atoms. The van der Waals surface area contributed by atoms with E-state index in [1.165, 1.54) is 6.07 Å². The molecule has 0 radical (unpaired) electrons. The van der Waals surface area contributed by atoms with Gasteiger partial charge in [0.05, 0.1) is 5.02 Å². The average Bonchev–Trinajstić information content (AvgIpc) is 3.17. The van der Waals surface area contributed by atoms with E-state index >= 15 is 0 Å². The van der Waals surface area contributed by atoms with Crippen molar-refractivity contribution in [2.75, 3.05) is 0 Å². The summed E-state index contributed by atoms with van der Waals surface area (Å²) < 4.78 is 38.7. The van der Waals surface area contributed by atoms with Crippen LogP contribution in [-0.2, 0) is 17.9 Å². The number of nitrogens with zero attached hydrogens (tertiary/aromatic N) is 2. The van der Waals surface area contributed by atoms with Gasteiger partial charge < -0.3 is 14.2 Å². The number of nitrogens with one attached hydrogen (secondary N) is 1. The number of rotatable bonds is 5. The van der Waals surface area contributed by atoms with E-state index in [1.54, 1.807) is 6.07 Å². The predicted octanol–water partition coefficient (Wildman–Crippen LogP) is 3.11. The molecule has 0 aliphatic rings. The molecule has 7 nitrogen and oxygen atoms in total. The Bertz CT molecular complexity index is 1030. The summed E-state index contributed by atoms with van der Waals surface area (Å²) in [4.78, 5) is 23.7. The average molecular weight is 449 g/mol. The van der Waals surface area contributed by atoms with Crippen molar-refractivity contribution in [3.8, 4) is 11.7 Å². The normalized spacial score (nSPS) is 10.9. The van der Waals surface area contributed by atoms with Gasteiger partial charge in [0.15, 0.2) is 10.4 Å². The number of hydrogen-bond donors (Lipinski definition) is 1. The third-order valence-corrected chi connectivity index (χ3v) is 4.00. The minimum atomic E-state index is -0.962. The molecule has 0 saturated carbocycles. The van der Waals surface area contributed by atoms with Gasteiger partial charge in [-0.2, -0.15) is 4.68 Å². The summed E-state index contributed by atoms with van der Waals surface area (Å²) in [6.07, 6.45) is 0. The molecule has 1 amide bonds. The SMILES string of the molecule is O=C(Cn1nc(-c2ccc(Br)o2)oc1=O)NCc1c(F)ccc(Cl)c1F. The number of furan rings is 1. The van der Waals surface area contributed by atoms with E-state index < -0.39 is 36.4 Å². The summed E-state index contributed by atoms with van der Waals surface area (Å²) in [5.41, 5.74) is -0.389. The Balaban J connectivity index is 1.69. The second kappa shape index (κ2) is 7.42. The van der Waals surface area contributed by atoms with Crippen LogP contribution in [0.3, 0.4) is 0 Å². The molecule has 1 N–H and O–H groups in total. The lowest BCUT2D eigenvalue weighted by atomic mass is 10.2. The Hall–Kier alpha value is -2.46. The van der Waals surface area contributed by atoms with E-state index in [0.29, 0.717) is 4.67 Å². The highest BCUT2D eigenvalue weighted by Crippen LogP contribution is 2.22. The summed E-state index contributed by atoms with van der Waals surface area (Å²) in [6, 6.07) is 5.16. The Morgan fingerprint density at radius 2 is 2.04 bits per heavy atom. The Kier molecular flexibility index (Phi) is 5.23. The van der Waals surface area contributed by atoms with Crippen LogP contribution < -0.4 is 11.1 Å². The van der Waals surface area contributed by atoms with Gasteiger partial charge in [0.2, 0.25) is 5.91 Å². The third-order valence-electron chi connectivity index (χ3n) is 3.28. The van der Waals surface area contributed by atoms with Crippen molar-refractivity contribution in [3.63, 3.8) is 0 Å². The topological polar surface area (TPSA) is 90.3 Å². The number of amides is 1. The molecule has 0 atom stereocenters. The Labute approximate surface area is 157 Å². The lowest BCUT2D eigenvalue weighted by molar-refractivity contribution is -0.122. The van der Waals surface area contributed by atoms with Gasteiger partial charge >= 0.3 is 5.76 Å². The van der Waals surface area contributed by atoms with E-state index in [0.717, 1.165) is 16.8 Å². The minimum Gasteiger partial charge on any atom is -0.444 e. The van der Waals surface area contributed by atoms with Gasteiger partial charge in [0.25, 0.3) is 5.89 Å². The number of benzene rings is 1. The maximum atomic E-state index is 13.8. The highest BCUT2D eigenvalue weighted by molar-refractivity contribution is 9.10. The van der Waals surface area contributed by atoms with Crippen molar-refractivity contribution >= 4 is 33.4 Å². The monoisotopic (exact) mass is 447 g/mol. The maximum absolute atomic E-state index is 13.8. The summed E-state index contributed by atoms with van der Waals surface area (Å²) in [5, 5.41) is 5.85. The van der Waals surface area contributed by atoms with Crippen LogP contribution >= 0.6 is 27.5 Å². The molecule has 3 rings (SSSR count). The zero-order valence-electron chi connectivity index (χ0n) is 12.8. The molecule has 0 aliphatic carbocycles. The van der Waals surface area contributed by atoms with Crippen molar-refractivity contribution < 1.29 is 22.4 Å². The van der Waals surface area contributed by atoms with Crippen LogP contribution in [0, 0.1) is 11.6 Å². The van der Waals surface area contributed by atoms with Crippen molar-refractivity contribution in [3.05, 3.63) is 61.7 Å². The van der Waals surface area contributed by atoms with Gasteiger partial charge in [-0.1, -0.05) is 11.6 Å². The zero-order chi connectivity index (χ0) is 18.8. The Morgan fingerprint density at radius 3 is 2.73 bits per heavy atom. The fraction of sp³-hybridized carbons (Fsp3) is 0.133. The quantitative estimate of drug-likeness (QED) is 0.606. The number of halogens is 4. The lowest BCUT2D eigenvalue weighted by Gasteiger charge is -2.08. The molecule has 136 valence electrons. The van der Waals surface area contributed by atoms with Gasteiger partial charge in [-0.25, -0.2) is 13.6 Å². The van der Waals surface area contributed by atoms with Crippen LogP contribution in [0.2, 0.25) is 5.02 Å². The molecule has 0 unspecified atom stereocenters. The third kappa shape index (κ3) is 3.86. The smallest absolute Gasteiger partial charge is 0.437 e. The van der Waals surface area contributed by atoms with E-state index in [9.17, 15) is 18.4 Å². The summed E-state index contributed by atoms with van der Waals surface area (Å²) in [7, 11) is 0. The molecule has 0 aliphatic heterocycles. The van der Waals surface area contributed by atoms with Gasteiger partial charge in [-0.05, 0) is 40.2 Å². The van der Waals surface area contributed by atoms with Gasteiger partial charge in [0.1, 0.15) is 18.2 Å². The summed E-state index contributed by atoms with van der Waals surface area (Å²) in [5.74, 6) is -3.32. The number of aromatic nitrogens is 2. The standard InChI is InChI=1S/C15H9BrClF2N3O4/c16-11-4-3-10(25-11)14-21-22(15(24)26-14)6-12(23)20-5-7-9(18)2-1-8(17)13(7)19/h1-4H,5-6H2,(H,20,23). The lowest BCUT2D eigenvalue weighted by Crippen LogP contribution is -2.31. The molecule has 26 heavy (non-hydrogen) atoms. The van der Waals surface area contributed by atoms with E-state index in [2.05, 4.69) is 26.3 Å². The first-order valence-corrected chi connectivity index (χ1v) is 8.25. The van der Waals surface area contributed by atoms with E-state index in [4.69, 9.17) is 20.4 Å². The van der Waals surface area contributed by atoms with Gasteiger partial charge in [-0.15, -0.1) is 5.10 Å². The second-order valence-electron chi connectivity index (χ2n) is 5.03. The summed E-state index contributed by atoms with van der Waals surface area (Å²) >= 11 is 8.68. The Morgan fingerprint density at radius 1 is 1.27 bits per heavy atom. The molecular formula is C15H9BrClF2N3O4. The summed E-state index contributed by atoms with van der Waals surface area (Å²) in [6.45, 7) is -0.949. The molecular weight excluding hydrogens is 440 g/mol. The van der Waals surface area contributed by atoms with Gasteiger partial charge in [-0.3, -0.25) is 4.79 Å². The molecule has 11 heteroatoms. The number of hydrogen-bond acceptors (Lipinski definition) is 5. The second-order valence-corrected chi connectivity index (χ2v) is 6.22.